The van der Waals surface area contributed by atoms with Crippen LogP contribution in [0.3, 0.4) is 0 Å². The molecule has 3 aromatic carbocycles. The molecule has 3 heterocycles. The Morgan fingerprint density at radius 2 is 1.70 bits per heavy atom. The van der Waals surface area contributed by atoms with Crippen LogP contribution in [0, 0.1) is 5.41 Å². The summed E-state index contributed by atoms with van der Waals surface area (Å²) in [6.07, 6.45) is -3.29. The van der Waals surface area contributed by atoms with Crippen LogP contribution >= 0.6 is 0 Å². The van der Waals surface area contributed by atoms with Crippen molar-refractivity contribution in [1.82, 2.24) is 14.8 Å². The fourth-order valence-corrected chi connectivity index (χ4v) is 5.60. The molecule has 0 atom stereocenters. The highest BCUT2D eigenvalue weighted by Crippen LogP contribution is 2.38. The van der Waals surface area contributed by atoms with Crippen molar-refractivity contribution in [2.24, 2.45) is 5.41 Å². The first kappa shape index (κ1) is 28.9. The molecule has 6 rings (SSSR count). The van der Waals surface area contributed by atoms with Crippen molar-refractivity contribution in [3.63, 3.8) is 0 Å². The number of hydrogen-bond acceptors (Lipinski definition) is 4. The van der Waals surface area contributed by atoms with E-state index in [-0.39, 0.29) is 36.4 Å². The standard InChI is InChI=1S/C34H33F3N4O2/c1-33(2,3)16-18-43-21-41-30-25(31(39-41)34(35,36)37)15-17-40(32(30)42)28-14-13-23(19-22-9-5-4-6-10-22)26-20-24-11-7-8-12-27(24)38-29(26)28/h4-14,20H,15-19,21H2,1-3H3. The summed E-state index contributed by atoms with van der Waals surface area (Å²) in [7, 11) is 0. The van der Waals surface area contributed by atoms with Gasteiger partial charge in [0.2, 0.25) is 0 Å². The topological polar surface area (TPSA) is 60.3 Å². The summed E-state index contributed by atoms with van der Waals surface area (Å²) < 4.78 is 48.8. The number of aromatic nitrogens is 3. The third-order valence-corrected chi connectivity index (χ3v) is 7.85. The van der Waals surface area contributed by atoms with E-state index in [9.17, 15) is 18.0 Å². The van der Waals surface area contributed by atoms with E-state index < -0.39 is 17.8 Å². The molecule has 0 saturated carbocycles. The van der Waals surface area contributed by atoms with Crippen molar-refractivity contribution in [2.45, 2.75) is 52.9 Å². The van der Waals surface area contributed by atoms with Crippen molar-refractivity contribution in [3.05, 3.63) is 101 Å². The summed E-state index contributed by atoms with van der Waals surface area (Å²) in [4.78, 5) is 20.6. The summed E-state index contributed by atoms with van der Waals surface area (Å²) in [5, 5.41) is 5.71. The van der Waals surface area contributed by atoms with E-state index >= 15 is 0 Å². The van der Waals surface area contributed by atoms with Crippen molar-refractivity contribution >= 4 is 33.4 Å². The fourth-order valence-electron chi connectivity index (χ4n) is 5.60. The molecule has 0 unspecified atom stereocenters. The minimum Gasteiger partial charge on any atom is -0.359 e. The Morgan fingerprint density at radius 3 is 2.44 bits per heavy atom. The number of para-hydroxylation sites is 1. The van der Waals surface area contributed by atoms with Gasteiger partial charge in [0.25, 0.3) is 5.91 Å². The van der Waals surface area contributed by atoms with Gasteiger partial charge in [0.1, 0.15) is 12.4 Å². The number of halogens is 3. The Labute approximate surface area is 248 Å². The number of rotatable bonds is 7. The molecule has 0 radical (unpaired) electrons. The molecule has 0 fully saturated rings. The van der Waals surface area contributed by atoms with Gasteiger partial charge in [-0.05, 0) is 54.0 Å². The van der Waals surface area contributed by atoms with Gasteiger partial charge < -0.3 is 9.64 Å². The quantitative estimate of drug-likeness (QED) is 0.144. The normalized spacial score (nSPS) is 14.1. The lowest BCUT2D eigenvalue weighted by atomic mass is 9.93. The van der Waals surface area contributed by atoms with Crippen molar-refractivity contribution in [3.8, 4) is 0 Å². The summed E-state index contributed by atoms with van der Waals surface area (Å²) in [5.74, 6) is -0.546. The number of alkyl halides is 3. The maximum Gasteiger partial charge on any atom is 0.435 e. The second-order valence-electron chi connectivity index (χ2n) is 12.2. The zero-order valence-electron chi connectivity index (χ0n) is 24.4. The monoisotopic (exact) mass is 586 g/mol. The molecule has 9 heteroatoms. The summed E-state index contributed by atoms with van der Waals surface area (Å²) in [5.41, 5.74) is 2.95. The summed E-state index contributed by atoms with van der Waals surface area (Å²) in [6, 6.07) is 23.8. The Bertz CT molecular complexity index is 1810. The fraction of sp³-hybridized carbons (Fsp3) is 0.324. The first-order valence-electron chi connectivity index (χ1n) is 14.4. The van der Waals surface area contributed by atoms with E-state index in [0.29, 0.717) is 30.7 Å². The van der Waals surface area contributed by atoms with Crippen molar-refractivity contribution in [2.75, 3.05) is 18.1 Å². The Balaban J connectivity index is 1.42. The number of carbonyl (C=O) groups is 1. The van der Waals surface area contributed by atoms with Gasteiger partial charge in [0.05, 0.1) is 16.7 Å². The first-order valence-corrected chi connectivity index (χ1v) is 14.4. The number of ether oxygens (including phenoxy) is 1. The molecule has 0 spiro atoms. The highest BCUT2D eigenvalue weighted by molar-refractivity contribution is 6.12. The number of hydrogen-bond donors (Lipinski definition) is 0. The average Bonchev–Trinajstić information content (AvgIpc) is 3.35. The molecule has 1 aliphatic heterocycles. The highest BCUT2D eigenvalue weighted by Gasteiger charge is 2.43. The molecule has 0 bridgehead atoms. The van der Waals surface area contributed by atoms with E-state index in [1.165, 1.54) is 4.90 Å². The molecule has 6 nitrogen and oxygen atoms in total. The second-order valence-corrected chi connectivity index (χ2v) is 12.2. The number of carbonyl (C=O) groups excluding carboxylic acids is 1. The maximum absolute atomic E-state index is 14.1. The second kappa shape index (κ2) is 11.1. The summed E-state index contributed by atoms with van der Waals surface area (Å²) >= 11 is 0. The molecule has 1 amide bonds. The number of amides is 1. The zero-order valence-corrected chi connectivity index (χ0v) is 24.4. The first-order chi connectivity index (χ1) is 20.5. The smallest absolute Gasteiger partial charge is 0.359 e. The Morgan fingerprint density at radius 1 is 0.953 bits per heavy atom. The number of nitrogens with zero attached hydrogens (tertiary/aromatic N) is 4. The van der Waals surface area contributed by atoms with Gasteiger partial charge in [-0.1, -0.05) is 75.4 Å². The molecular formula is C34H33F3N4O2. The SMILES string of the molecule is CC(C)(C)CCOCn1nc(C(F)(F)F)c2c1C(=O)N(c1ccc(Cc3ccccc3)c3cc4ccccc4nc13)CC2. The Kier molecular flexibility index (Phi) is 7.46. The molecule has 2 aromatic heterocycles. The molecule has 5 aromatic rings. The van der Waals surface area contributed by atoms with Crippen LogP contribution in [0.4, 0.5) is 18.9 Å². The third kappa shape index (κ3) is 5.86. The molecule has 222 valence electrons. The van der Waals surface area contributed by atoms with Gasteiger partial charge in [0, 0.05) is 29.5 Å². The van der Waals surface area contributed by atoms with E-state index in [0.717, 1.165) is 32.1 Å². The summed E-state index contributed by atoms with van der Waals surface area (Å²) in [6.45, 7) is 6.34. The van der Waals surface area contributed by atoms with Crippen LogP contribution in [-0.2, 0) is 30.5 Å². The number of anilines is 1. The predicted molar refractivity (Wildman–Crippen MR) is 161 cm³/mol. The van der Waals surface area contributed by atoms with E-state index in [4.69, 9.17) is 9.72 Å². The largest absolute Gasteiger partial charge is 0.435 e. The third-order valence-electron chi connectivity index (χ3n) is 7.85. The Hall–Kier alpha value is -4.24. The van der Waals surface area contributed by atoms with Crippen LogP contribution < -0.4 is 4.90 Å². The van der Waals surface area contributed by atoms with Crippen LogP contribution in [0.1, 0.15) is 60.1 Å². The maximum atomic E-state index is 14.1. The van der Waals surface area contributed by atoms with Crippen LogP contribution in [0.25, 0.3) is 21.8 Å². The van der Waals surface area contributed by atoms with E-state index in [2.05, 4.69) is 44.1 Å². The van der Waals surface area contributed by atoms with Gasteiger partial charge in [0.15, 0.2) is 5.69 Å². The van der Waals surface area contributed by atoms with Gasteiger partial charge >= 0.3 is 6.18 Å². The van der Waals surface area contributed by atoms with E-state index in [1.54, 1.807) is 0 Å². The lowest BCUT2D eigenvalue weighted by Crippen LogP contribution is -2.39. The number of pyridine rings is 1. The molecule has 0 N–H and O–H groups in total. The van der Waals surface area contributed by atoms with Crippen LogP contribution in [0.2, 0.25) is 0 Å². The van der Waals surface area contributed by atoms with Crippen molar-refractivity contribution < 1.29 is 22.7 Å². The van der Waals surface area contributed by atoms with Gasteiger partial charge in [-0.15, -0.1) is 0 Å². The number of benzene rings is 3. The zero-order chi connectivity index (χ0) is 30.4. The highest BCUT2D eigenvalue weighted by atomic mass is 19.4. The lowest BCUT2D eigenvalue weighted by Gasteiger charge is -2.29. The molecule has 43 heavy (non-hydrogen) atoms. The van der Waals surface area contributed by atoms with Gasteiger partial charge in [-0.2, -0.15) is 18.3 Å². The molecule has 1 aliphatic rings. The number of fused-ring (bicyclic) bond motifs is 3. The lowest BCUT2D eigenvalue weighted by molar-refractivity contribution is -0.142. The van der Waals surface area contributed by atoms with Crippen molar-refractivity contribution in [1.29, 1.82) is 0 Å². The minimum atomic E-state index is -4.69. The molecule has 0 aliphatic carbocycles. The molecule has 0 saturated heterocycles. The van der Waals surface area contributed by atoms with Crippen LogP contribution in [0.15, 0.2) is 72.8 Å². The molecular weight excluding hydrogens is 553 g/mol. The average molecular weight is 587 g/mol. The predicted octanol–water partition coefficient (Wildman–Crippen LogP) is 7.81. The van der Waals surface area contributed by atoms with Gasteiger partial charge in [-0.25, -0.2) is 9.67 Å². The van der Waals surface area contributed by atoms with E-state index in [1.807, 2.05) is 54.6 Å². The van der Waals surface area contributed by atoms with Crippen LogP contribution in [-0.4, -0.2) is 33.8 Å². The van der Waals surface area contributed by atoms with Gasteiger partial charge in [-0.3, -0.25) is 4.79 Å². The minimum absolute atomic E-state index is 0.00179. The van der Waals surface area contributed by atoms with Crippen LogP contribution in [0.5, 0.6) is 0 Å².